The first-order chi connectivity index (χ1) is 14.1. The Balaban J connectivity index is 1.35. The molecule has 29 heavy (non-hydrogen) atoms. The van der Waals surface area contributed by atoms with E-state index in [0.717, 1.165) is 36.4 Å². The van der Waals surface area contributed by atoms with Gasteiger partial charge >= 0.3 is 6.03 Å². The third-order valence-electron chi connectivity index (χ3n) is 6.26. The summed E-state index contributed by atoms with van der Waals surface area (Å²) in [6.45, 7) is 3.00. The smallest absolute Gasteiger partial charge is 0.319 e. The third-order valence-corrected chi connectivity index (χ3v) is 6.26. The molecule has 4 rings (SSSR count). The minimum Gasteiger partial charge on any atom is -0.497 e. The molecule has 2 amide bonds. The Morgan fingerprint density at radius 2 is 1.83 bits per heavy atom. The highest BCUT2D eigenvalue weighted by Gasteiger charge is 2.38. The number of carbonyl (C=O) groups is 1. The summed E-state index contributed by atoms with van der Waals surface area (Å²) in [7, 11) is 1.70. The number of ether oxygens (including phenoxy) is 1. The number of hydrogen-bond acceptors (Lipinski definition) is 3. The molecule has 2 aliphatic rings. The first-order valence-corrected chi connectivity index (χ1v) is 10.6. The van der Waals surface area contributed by atoms with E-state index in [1.54, 1.807) is 7.11 Å². The number of piperidine rings is 2. The number of nitrogens with zero attached hydrogens (tertiary/aromatic N) is 1. The lowest BCUT2D eigenvalue weighted by molar-refractivity contribution is 0.0200. The van der Waals surface area contributed by atoms with Gasteiger partial charge in [0.25, 0.3) is 0 Å². The van der Waals surface area contributed by atoms with E-state index in [1.807, 2.05) is 43.3 Å². The summed E-state index contributed by atoms with van der Waals surface area (Å²) in [5.74, 6) is 0.900. The summed E-state index contributed by atoms with van der Waals surface area (Å²) in [5.41, 5.74) is 3.31. The number of fused-ring (bicyclic) bond motifs is 2. The molecule has 0 saturated carbocycles. The van der Waals surface area contributed by atoms with Crippen molar-refractivity contribution in [3.05, 3.63) is 59.7 Å². The van der Waals surface area contributed by atoms with Crippen molar-refractivity contribution in [3.63, 3.8) is 0 Å². The predicted octanol–water partition coefficient (Wildman–Crippen LogP) is 4.71. The predicted molar refractivity (Wildman–Crippen MR) is 116 cm³/mol. The molecule has 2 aromatic carbocycles. The maximum atomic E-state index is 12.5. The van der Waals surface area contributed by atoms with Crippen LogP contribution in [-0.2, 0) is 6.54 Å². The van der Waals surface area contributed by atoms with Gasteiger partial charge in [0.2, 0.25) is 0 Å². The molecular weight excluding hydrogens is 362 g/mol. The van der Waals surface area contributed by atoms with Gasteiger partial charge in [0.1, 0.15) is 5.75 Å². The highest BCUT2D eigenvalue weighted by Crippen LogP contribution is 2.35. The van der Waals surface area contributed by atoms with Gasteiger partial charge in [0, 0.05) is 30.4 Å². The third kappa shape index (κ3) is 4.91. The van der Waals surface area contributed by atoms with Crippen molar-refractivity contribution >= 4 is 11.7 Å². The standard InChI is InChI=1S/C24H31N3O2/c1-17-5-3-6-19(13-17)25-24(28)26-20-14-21-7-4-8-22(15-20)27(21)16-18-9-11-23(29-2)12-10-18/h3,5-6,9-13,20-22H,4,7-8,14-16H2,1-2H3,(H2,25,26,28)/t21-,22-/m1/s1. The molecule has 2 fully saturated rings. The van der Waals surface area contributed by atoms with Gasteiger partial charge in [0.15, 0.2) is 0 Å². The molecule has 2 aromatic rings. The molecule has 2 saturated heterocycles. The molecular formula is C24H31N3O2. The molecule has 0 aliphatic carbocycles. The number of benzene rings is 2. The van der Waals surface area contributed by atoms with Crippen LogP contribution in [0.4, 0.5) is 10.5 Å². The van der Waals surface area contributed by atoms with Crippen LogP contribution in [0.25, 0.3) is 0 Å². The minimum absolute atomic E-state index is 0.0951. The second kappa shape index (κ2) is 8.87. The molecule has 2 N–H and O–H groups in total. The van der Waals surface area contributed by atoms with E-state index >= 15 is 0 Å². The fourth-order valence-corrected chi connectivity index (χ4v) is 4.87. The number of amides is 2. The zero-order valence-electron chi connectivity index (χ0n) is 17.4. The van der Waals surface area contributed by atoms with Gasteiger partial charge in [0.05, 0.1) is 7.11 Å². The largest absolute Gasteiger partial charge is 0.497 e. The van der Waals surface area contributed by atoms with E-state index in [-0.39, 0.29) is 12.1 Å². The Morgan fingerprint density at radius 3 is 2.48 bits per heavy atom. The molecule has 5 nitrogen and oxygen atoms in total. The van der Waals surface area contributed by atoms with Crippen molar-refractivity contribution in [1.82, 2.24) is 10.2 Å². The number of methoxy groups -OCH3 is 1. The van der Waals surface area contributed by atoms with Crippen LogP contribution in [0.5, 0.6) is 5.75 Å². The van der Waals surface area contributed by atoms with E-state index in [2.05, 4.69) is 27.7 Å². The van der Waals surface area contributed by atoms with Crippen LogP contribution >= 0.6 is 0 Å². The first-order valence-electron chi connectivity index (χ1n) is 10.6. The normalized spacial score (nSPS) is 24.0. The molecule has 2 aliphatic heterocycles. The van der Waals surface area contributed by atoms with E-state index in [4.69, 9.17) is 4.74 Å². The Labute approximate surface area is 173 Å². The highest BCUT2D eigenvalue weighted by atomic mass is 16.5. The molecule has 0 spiro atoms. The number of anilines is 1. The van der Waals surface area contributed by atoms with Gasteiger partial charge in [-0.1, -0.05) is 30.7 Å². The zero-order valence-corrected chi connectivity index (χ0v) is 17.4. The Morgan fingerprint density at radius 1 is 1.10 bits per heavy atom. The molecule has 5 heteroatoms. The number of urea groups is 1. The fraction of sp³-hybridized carbons (Fsp3) is 0.458. The average molecular weight is 394 g/mol. The zero-order chi connectivity index (χ0) is 20.2. The molecule has 2 atom stereocenters. The first kappa shape index (κ1) is 19.8. The van der Waals surface area contributed by atoms with Gasteiger partial charge in [-0.05, 0) is 68.0 Å². The molecule has 2 heterocycles. The monoisotopic (exact) mass is 393 g/mol. The van der Waals surface area contributed by atoms with Crippen molar-refractivity contribution in [2.75, 3.05) is 12.4 Å². The topological polar surface area (TPSA) is 53.6 Å². The second-order valence-corrected chi connectivity index (χ2v) is 8.40. The van der Waals surface area contributed by atoms with Crippen molar-refractivity contribution in [3.8, 4) is 5.75 Å². The van der Waals surface area contributed by atoms with E-state index in [1.165, 1.54) is 24.8 Å². The molecule has 154 valence electrons. The molecule has 0 radical (unpaired) electrons. The van der Waals surface area contributed by atoms with E-state index in [9.17, 15) is 4.79 Å². The lowest BCUT2D eigenvalue weighted by atomic mass is 9.81. The number of hydrogen-bond donors (Lipinski definition) is 2. The number of rotatable bonds is 5. The van der Waals surface area contributed by atoms with Crippen LogP contribution in [0.3, 0.4) is 0 Å². The lowest BCUT2D eigenvalue weighted by Crippen LogP contribution is -2.56. The van der Waals surface area contributed by atoms with Crippen LogP contribution in [0.15, 0.2) is 48.5 Å². The fourth-order valence-electron chi connectivity index (χ4n) is 4.87. The van der Waals surface area contributed by atoms with E-state index < -0.39 is 0 Å². The lowest BCUT2D eigenvalue weighted by Gasteiger charge is -2.49. The minimum atomic E-state index is -0.0951. The summed E-state index contributed by atoms with van der Waals surface area (Å²) in [4.78, 5) is 15.2. The summed E-state index contributed by atoms with van der Waals surface area (Å²) in [6, 6.07) is 17.5. The molecule has 0 unspecified atom stereocenters. The van der Waals surface area contributed by atoms with Gasteiger partial charge in [-0.2, -0.15) is 0 Å². The Kier molecular flexibility index (Phi) is 6.05. The maximum absolute atomic E-state index is 12.5. The van der Waals surface area contributed by atoms with Crippen molar-refractivity contribution in [1.29, 1.82) is 0 Å². The van der Waals surface area contributed by atoms with Crippen LogP contribution in [0.2, 0.25) is 0 Å². The molecule has 2 bridgehead atoms. The van der Waals surface area contributed by atoms with Crippen molar-refractivity contribution in [2.45, 2.75) is 63.7 Å². The van der Waals surface area contributed by atoms with Crippen molar-refractivity contribution in [2.24, 2.45) is 0 Å². The number of aryl methyl sites for hydroxylation is 1. The van der Waals surface area contributed by atoms with Crippen LogP contribution in [-0.4, -0.2) is 36.2 Å². The summed E-state index contributed by atoms with van der Waals surface area (Å²) in [6.07, 6.45) is 5.76. The van der Waals surface area contributed by atoms with Crippen LogP contribution in [0, 0.1) is 6.92 Å². The Bertz CT molecular complexity index is 822. The summed E-state index contributed by atoms with van der Waals surface area (Å²) in [5, 5.41) is 6.20. The SMILES string of the molecule is COc1ccc(CN2[C@@H]3CCC[C@@H]2CC(NC(=O)Nc2cccc(C)c2)C3)cc1. The molecule has 0 aromatic heterocycles. The Hall–Kier alpha value is -2.53. The van der Waals surface area contributed by atoms with Gasteiger partial charge in [-0.15, -0.1) is 0 Å². The second-order valence-electron chi connectivity index (χ2n) is 8.40. The quantitative estimate of drug-likeness (QED) is 0.773. The van der Waals surface area contributed by atoms with Crippen LogP contribution < -0.4 is 15.4 Å². The maximum Gasteiger partial charge on any atom is 0.319 e. The van der Waals surface area contributed by atoms with Gasteiger partial charge in [-0.3, -0.25) is 4.90 Å². The summed E-state index contributed by atoms with van der Waals surface area (Å²) >= 11 is 0. The highest BCUT2D eigenvalue weighted by molar-refractivity contribution is 5.89. The van der Waals surface area contributed by atoms with Gasteiger partial charge in [-0.25, -0.2) is 4.79 Å². The van der Waals surface area contributed by atoms with Gasteiger partial charge < -0.3 is 15.4 Å². The van der Waals surface area contributed by atoms with Crippen molar-refractivity contribution < 1.29 is 9.53 Å². The summed E-state index contributed by atoms with van der Waals surface area (Å²) < 4.78 is 5.27. The average Bonchev–Trinajstić information content (AvgIpc) is 2.69. The van der Waals surface area contributed by atoms with E-state index in [0.29, 0.717) is 12.1 Å². The number of nitrogens with one attached hydrogen (secondary N) is 2. The van der Waals surface area contributed by atoms with Crippen LogP contribution in [0.1, 0.15) is 43.2 Å². The number of carbonyl (C=O) groups excluding carboxylic acids is 1.